The lowest BCUT2D eigenvalue weighted by atomic mass is 10.0. The van der Waals surface area contributed by atoms with Crippen LogP contribution in [0.2, 0.25) is 0 Å². The highest BCUT2D eigenvalue weighted by Gasteiger charge is 2.15. The number of carbonyl (C=O) groups is 1. The molecule has 0 saturated heterocycles. The molecular weight excluding hydrogens is 396 g/mol. The summed E-state index contributed by atoms with van der Waals surface area (Å²) in [5.74, 6) is 0.881. The third kappa shape index (κ3) is 4.76. The summed E-state index contributed by atoms with van der Waals surface area (Å²) >= 11 is 3.42. The Balaban J connectivity index is 1.55. The van der Waals surface area contributed by atoms with Crippen LogP contribution in [0.5, 0.6) is 0 Å². The number of carbonyl (C=O) groups excluding carboxylic acids is 1. The van der Waals surface area contributed by atoms with Crippen molar-refractivity contribution in [1.82, 2.24) is 20.4 Å². The Labute approximate surface area is 160 Å². The van der Waals surface area contributed by atoms with Crippen LogP contribution in [-0.2, 0) is 11.2 Å². The van der Waals surface area contributed by atoms with Gasteiger partial charge >= 0.3 is 0 Å². The number of hydrogen-bond acceptors (Lipinski definition) is 5. The summed E-state index contributed by atoms with van der Waals surface area (Å²) in [6, 6.07) is 11.6. The molecule has 1 N–H and O–H groups in total. The highest BCUT2D eigenvalue weighted by Crippen LogP contribution is 2.20. The topological polar surface area (TPSA) is 80.9 Å². The Morgan fingerprint density at radius 2 is 2.08 bits per heavy atom. The number of amides is 1. The zero-order valence-electron chi connectivity index (χ0n) is 14.4. The Morgan fingerprint density at radius 1 is 1.27 bits per heavy atom. The fraction of sp³-hybridized carbons (Fsp3) is 0.263. The molecule has 1 amide bonds. The van der Waals surface area contributed by atoms with Gasteiger partial charge in [0.1, 0.15) is 0 Å². The van der Waals surface area contributed by atoms with Gasteiger partial charge in [0.05, 0.1) is 6.04 Å². The maximum atomic E-state index is 12.3. The first-order chi connectivity index (χ1) is 12.7. The molecule has 1 atom stereocenters. The number of nitrogens with zero attached hydrogens (tertiary/aromatic N) is 3. The van der Waals surface area contributed by atoms with Crippen LogP contribution in [0, 0.1) is 0 Å². The minimum absolute atomic E-state index is 0.00996. The molecule has 0 aliphatic rings. The highest BCUT2D eigenvalue weighted by molar-refractivity contribution is 9.10. The third-order valence-electron chi connectivity index (χ3n) is 3.97. The van der Waals surface area contributed by atoms with E-state index >= 15 is 0 Å². The van der Waals surface area contributed by atoms with Crippen LogP contribution in [0.15, 0.2) is 57.8 Å². The number of pyridine rings is 1. The number of nitrogens with one attached hydrogen (secondary N) is 1. The second-order valence-corrected chi connectivity index (χ2v) is 6.75. The van der Waals surface area contributed by atoms with Crippen LogP contribution >= 0.6 is 15.9 Å². The molecule has 3 aromatic rings. The van der Waals surface area contributed by atoms with Gasteiger partial charge in [0, 0.05) is 35.3 Å². The number of hydrogen-bond donors (Lipinski definition) is 1. The van der Waals surface area contributed by atoms with E-state index in [1.807, 2.05) is 43.3 Å². The number of halogens is 1. The first kappa shape index (κ1) is 18.3. The van der Waals surface area contributed by atoms with Crippen LogP contribution < -0.4 is 5.32 Å². The predicted octanol–water partition coefficient (Wildman–Crippen LogP) is 4.09. The fourth-order valence-corrected chi connectivity index (χ4v) is 2.84. The molecule has 0 fully saturated rings. The van der Waals surface area contributed by atoms with Crippen molar-refractivity contribution in [3.05, 3.63) is 64.7 Å². The zero-order chi connectivity index (χ0) is 18.4. The zero-order valence-corrected chi connectivity index (χ0v) is 15.9. The predicted molar refractivity (Wildman–Crippen MR) is 101 cm³/mol. The van der Waals surface area contributed by atoms with Gasteiger partial charge in [-0.1, -0.05) is 40.1 Å². The molecule has 1 unspecified atom stereocenters. The Morgan fingerprint density at radius 3 is 2.77 bits per heavy atom. The molecule has 0 saturated carbocycles. The summed E-state index contributed by atoms with van der Waals surface area (Å²) in [4.78, 5) is 20.6. The van der Waals surface area contributed by atoms with Gasteiger partial charge in [-0.2, -0.15) is 4.98 Å². The first-order valence-corrected chi connectivity index (χ1v) is 9.23. The summed E-state index contributed by atoms with van der Waals surface area (Å²) in [7, 11) is 0. The van der Waals surface area contributed by atoms with Crippen LogP contribution in [0.4, 0.5) is 0 Å². The molecule has 134 valence electrons. The van der Waals surface area contributed by atoms with Crippen LogP contribution in [0.25, 0.3) is 11.4 Å². The quantitative estimate of drug-likeness (QED) is 0.629. The van der Waals surface area contributed by atoms with E-state index < -0.39 is 0 Å². The van der Waals surface area contributed by atoms with E-state index in [9.17, 15) is 4.79 Å². The van der Waals surface area contributed by atoms with Crippen LogP contribution in [0.1, 0.15) is 37.3 Å². The van der Waals surface area contributed by atoms with E-state index in [-0.39, 0.29) is 11.9 Å². The maximum absolute atomic E-state index is 12.3. The summed E-state index contributed by atoms with van der Waals surface area (Å²) in [6.07, 6.45) is 4.87. The Hall–Kier alpha value is -2.54. The first-order valence-electron chi connectivity index (χ1n) is 8.43. The molecule has 7 heteroatoms. The fourth-order valence-electron chi connectivity index (χ4n) is 2.57. The van der Waals surface area contributed by atoms with Crippen molar-refractivity contribution in [2.75, 3.05) is 0 Å². The molecule has 0 bridgehead atoms. The van der Waals surface area contributed by atoms with Crippen molar-refractivity contribution < 1.29 is 9.32 Å². The molecule has 0 aliphatic heterocycles. The molecule has 2 heterocycles. The van der Waals surface area contributed by atoms with Gasteiger partial charge in [-0.15, -0.1) is 0 Å². The number of rotatable bonds is 7. The van der Waals surface area contributed by atoms with Crippen LogP contribution in [-0.4, -0.2) is 21.0 Å². The van der Waals surface area contributed by atoms with E-state index in [0.717, 1.165) is 22.0 Å². The summed E-state index contributed by atoms with van der Waals surface area (Å²) in [6.45, 7) is 2.05. The molecule has 0 aliphatic carbocycles. The van der Waals surface area contributed by atoms with Crippen molar-refractivity contribution in [3.8, 4) is 11.4 Å². The molecule has 0 spiro atoms. The number of aryl methyl sites for hydroxylation is 1. The van der Waals surface area contributed by atoms with Gasteiger partial charge in [0.2, 0.25) is 17.6 Å². The van der Waals surface area contributed by atoms with E-state index in [2.05, 4.69) is 36.4 Å². The van der Waals surface area contributed by atoms with Gasteiger partial charge in [-0.25, -0.2) is 0 Å². The monoisotopic (exact) mass is 414 g/mol. The molecular formula is C19H19BrN4O2. The van der Waals surface area contributed by atoms with E-state index in [1.54, 1.807) is 12.4 Å². The standard InChI is InChI=1S/C19H19BrN4O2/c1-2-16(13-5-7-15(20)8-6-13)22-17(25)9-10-18-23-19(24-26-18)14-4-3-11-21-12-14/h3-8,11-12,16H,2,9-10H2,1H3,(H,22,25). The molecule has 2 aromatic heterocycles. The van der Waals surface area contributed by atoms with Gasteiger partial charge in [-0.05, 0) is 36.2 Å². The lowest BCUT2D eigenvalue weighted by Crippen LogP contribution is -2.28. The second kappa shape index (κ2) is 8.71. The van der Waals surface area contributed by atoms with Crippen molar-refractivity contribution >= 4 is 21.8 Å². The highest BCUT2D eigenvalue weighted by atomic mass is 79.9. The molecule has 0 radical (unpaired) electrons. The third-order valence-corrected chi connectivity index (χ3v) is 4.50. The summed E-state index contributed by atoms with van der Waals surface area (Å²) in [5.41, 5.74) is 1.87. The number of benzene rings is 1. The molecule has 26 heavy (non-hydrogen) atoms. The van der Waals surface area contributed by atoms with Gasteiger partial charge in [-0.3, -0.25) is 9.78 Å². The SMILES string of the molecule is CCC(NC(=O)CCc1nc(-c2cccnc2)no1)c1ccc(Br)cc1. The lowest BCUT2D eigenvalue weighted by Gasteiger charge is -2.17. The average molecular weight is 415 g/mol. The van der Waals surface area contributed by atoms with Crippen molar-refractivity contribution in [3.63, 3.8) is 0 Å². The summed E-state index contributed by atoms with van der Waals surface area (Å²) < 4.78 is 6.24. The normalized spacial score (nSPS) is 11.9. The Bertz CT molecular complexity index is 849. The van der Waals surface area contributed by atoms with Crippen molar-refractivity contribution in [1.29, 1.82) is 0 Å². The minimum atomic E-state index is -0.0408. The van der Waals surface area contributed by atoms with Crippen molar-refractivity contribution in [2.24, 2.45) is 0 Å². The van der Waals surface area contributed by atoms with E-state index in [1.165, 1.54) is 0 Å². The molecule has 6 nitrogen and oxygen atoms in total. The second-order valence-electron chi connectivity index (χ2n) is 5.83. The smallest absolute Gasteiger partial charge is 0.227 e. The lowest BCUT2D eigenvalue weighted by molar-refractivity contribution is -0.121. The maximum Gasteiger partial charge on any atom is 0.227 e. The average Bonchev–Trinajstić information content (AvgIpc) is 3.15. The molecule has 1 aromatic carbocycles. The van der Waals surface area contributed by atoms with E-state index in [0.29, 0.717) is 24.6 Å². The largest absolute Gasteiger partial charge is 0.349 e. The van der Waals surface area contributed by atoms with Crippen LogP contribution in [0.3, 0.4) is 0 Å². The molecule has 3 rings (SSSR count). The van der Waals surface area contributed by atoms with Crippen molar-refractivity contribution in [2.45, 2.75) is 32.2 Å². The minimum Gasteiger partial charge on any atom is -0.349 e. The van der Waals surface area contributed by atoms with Gasteiger partial charge in [0.15, 0.2) is 0 Å². The van der Waals surface area contributed by atoms with Gasteiger partial charge < -0.3 is 9.84 Å². The number of aromatic nitrogens is 3. The Kier molecular flexibility index (Phi) is 6.12. The van der Waals surface area contributed by atoms with E-state index in [4.69, 9.17) is 4.52 Å². The summed E-state index contributed by atoms with van der Waals surface area (Å²) in [5, 5.41) is 6.99. The van der Waals surface area contributed by atoms with Gasteiger partial charge in [0.25, 0.3) is 0 Å².